The zero-order valence-electron chi connectivity index (χ0n) is 24.2. The molecule has 41 heavy (non-hydrogen) atoms. The summed E-state index contributed by atoms with van der Waals surface area (Å²) in [6, 6.07) is 17.4. The fourth-order valence-electron chi connectivity index (χ4n) is 6.98. The van der Waals surface area contributed by atoms with Gasteiger partial charge >= 0.3 is 5.97 Å². The van der Waals surface area contributed by atoms with Crippen LogP contribution in [-0.2, 0) is 19.1 Å². The molecule has 0 radical (unpaired) electrons. The van der Waals surface area contributed by atoms with E-state index in [1.165, 1.54) is 7.11 Å². The number of nitrogens with zero attached hydrogens (tertiary/aromatic N) is 2. The quantitative estimate of drug-likeness (QED) is 0.346. The SMILES string of the molecule is CCOCC1C2=CC3CN(/C=C/C(=O)Nc4ccccc4)CCCC1(CC)CC(O)(C(=O)OC)N2c1ccccc13. The molecule has 3 heterocycles. The third-order valence-corrected chi connectivity index (χ3v) is 9.01. The summed E-state index contributed by atoms with van der Waals surface area (Å²) in [5.74, 6) is -0.831. The van der Waals surface area contributed by atoms with E-state index in [2.05, 4.69) is 29.3 Å². The summed E-state index contributed by atoms with van der Waals surface area (Å²) in [7, 11) is 1.34. The van der Waals surface area contributed by atoms with Crippen molar-refractivity contribution in [1.29, 1.82) is 0 Å². The minimum atomic E-state index is -1.82. The van der Waals surface area contributed by atoms with Gasteiger partial charge in [-0.05, 0) is 55.4 Å². The van der Waals surface area contributed by atoms with E-state index in [-0.39, 0.29) is 29.6 Å². The van der Waals surface area contributed by atoms with Gasteiger partial charge < -0.3 is 29.7 Å². The largest absolute Gasteiger partial charge is 0.465 e. The van der Waals surface area contributed by atoms with Gasteiger partial charge in [0.25, 0.3) is 0 Å². The van der Waals surface area contributed by atoms with Crippen molar-refractivity contribution in [3.05, 3.63) is 84.2 Å². The molecule has 0 saturated carbocycles. The molecule has 3 bridgehead atoms. The van der Waals surface area contributed by atoms with E-state index < -0.39 is 11.7 Å². The molecule has 3 aliphatic rings. The highest BCUT2D eigenvalue weighted by Crippen LogP contribution is 2.57. The average Bonchev–Trinajstić information content (AvgIpc) is 2.99. The number of hydrogen-bond acceptors (Lipinski definition) is 7. The van der Waals surface area contributed by atoms with Crippen molar-refractivity contribution in [2.24, 2.45) is 11.3 Å². The molecule has 5 rings (SSSR count). The van der Waals surface area contributed by atoms with Crippen LogP contribution in [0.1, 0.15) is 51.0 Å². The second kappa shape index (κ2) is 12.1. The molecule has 0 aliphatic carbocycles. The lowest BCUT2D eigenvalue weighted by Crippen LogP contribution is -2.65. The van der Waals surface area contributed by atoms with Crippen LogP contribution >= 0.6 is 0 Å². The number of nitrogens with one attached hydrogen (secondary N) is 1. The Kier molecular flexibility index (Phi) is 8.52. The van der Waals surface area contributed by atoms with E-state index in [9.17, 15) is 14.7 Å². The molecule has 1 amide bonds. The van der Waals surface area contributed by atoms with Gasteiger partial charge in [0, 0.05) is 67.3 Å². The third-order valence-electron chi connectivity index (χ3n) is 9.01. The molecular formula is C33H41N3O5. The van der Waals surface area contributed by atoms with Crippen LogP contribution in [0, 0.1) is 11.3 Å². The highest BCUT2D eigenvalue weighted by atomic mass is 16.5. The number of carbonyl (C=O) groups is 2. The predicted octanol–water partition coefficient (Wildman–Crippen LogP) is 5.04. The Hall–Kier alpha value is -3.62. The van der Waals surface area contributed by atoms with Crippen LogP contribution in [0.15, 0.2) is 78.6 Å². The van der Waals surface area contributed by atoms with Gasteiger partial charge in [0.15, 0.2) is 0 Å². The first-order valence-corrected chi connectivity index (χ1v) is 14.6. The smallest absolute Gasteiger partial charge is 0.359 e. The van der Waals surface area contributed by atoms with E-state index in [0.29, 0.717) is 19.8 Å². The second-order valence-electron chi connectivity index (χ2n) is 11.3. The van der Waals surface area contributed by atoms with Crippen molar-refractivity contribution in [3.8, 4) is 0 Å². The van der Waals surface area contributed by atoms with Crippen LogP contribution < -0.4 is 10.2 Å². The summed E-state index contributed by atoms with van der Waals surface area (Å²) in [5.41, 5.74) is 1.29. The Morgan fingerprint density at radius 1 is 1.12 bits per heavy atom. The predicted molar refractivity (Wildman–Crippen MR) is 159 cm³/mol. The van der Waals surface area contributed by atoms with Gasteiger partial charge in [-0.25, -0.2) is 4.79 Å². The molecule has 218 valence electrons. The number of anilines is 2. The van der Waals surface area contributed by atoms with Crippen molar-refractivity contribution in [3.63, 3.8) is 0 Å². The fraction of sp³-hybridized carbons (Fsp3) is 0.455. The van der Waals surface area contributed by atoms with Gasteiger partial charge in [0.1, 0.15) is 0 Å². The number of hydrogen-bond donors (Lipinski definition) is 2. The van der Waals surface area contributed by atoms with Crippen molar-refractivity contribution >= 4 is 23.3 Å². The highest BCUT2D eigenvalue weighted by Gasteiger charge is 2.60. The zero-order valence-corrected chi connectivity index (χ0v) is 24.2. The summed E-state index contributed by atoms with van der Waals surface area (Å²) in [4.78, 5) is 30.1. The van der Waals surface area contributed by atoms with Crippen LogP contribution in [0.5, 0.6) is 0 Å². The molecule has 8 heteroatoms. The molecule has 4 atom stereocenters. The molecule has 2 aromatic rings. The van der Waals surface area contributed by atoms with E-state index >= 15 is 0 Å². The van der Waals surface area contributed by atoms with E-state index in [1.807, 2.05) is 66.6 Å². The summed E-state index contributed by atoms with van der Waals surface area (Å²) < 4.78 is 11.3. The van der Waals surface area contributed by atoms with E-state index in [1.54, 1.807) is 6.08 Å². The van der Waals surface area contributed by atoms with E-state index in [0.717, 1.165) is 48.4 Å². The molecular weight excluding hydrogens is 518 g/mol. The molecule has 3 aliphatic heterocycles. The molecule has 1 fully saturated rings. The Labute approximate surface area is 242 Å². The molecule has 0 aromatic heterocycles. The minimum Gasteiger partial charge on any atom is -0.465 e. The Bertz CT molecular complexity index is 1310. The molecule has 0 spiro atoms. The summed E-state index contributed by atoms with van der Waals surface area (Å²) in [6.07, 6.45) is 8.34. The first-order chi connectivity index (χ1) is 19.8. The van der Waals surface area contributed by atoms with Gasteiger partial charge in [-0.3, -0.25) is 4.79 Å². The summed E-state index contributed by atoms with van der Waals surface area (Å²) in [5, 5.41) is 15.1. The Morgan fingerprint density at radius 3 is 2.61 bits per heavy atom. The van der Waals surface area contributed by atoms with Crippen LogP contribution in [0.4, 0.5) is 11.4 Å². The lowest BCUT2D eigenvalue weighted by Gasteiger charge is -2.58. The average molecular weight is 560 g/mol. The summed E-state index contributed by atoms with van der Waals surface area (Å²) in [6.45, 7) is 6.63. The van der Waals surface area contributed by atoms with Crippen molar-refractivity contribution in [2.75, 3.05) is 43.6 Å². The number of rotatable bonds is 8. The highest BCUT2D eigenvalue weighted by molar-refractivity contribution is 5.99. The zero-order chi connectivity index (χ0) is 29.0. The van der Waals surface area contributed by atoms with Crippen molar-refractivity contribution < 1.29 is 24.2 Å². The molecule has 1 saturated heterocycles. The lowest BCUT2D eigenvalue weighted by atomic mass is 9.60. The number of fused-ring (bicyclic) bond motifs is 5. The number of aliphatic hydroxyl groups is 1. The molecule has 4 unspecified atom stereocenters. The van der Waals surface area contributed by atoms with Crippen LogP contribution in [0.3, 0.4) is 0 Å². The van der Waals surface area contributed by atoms with Crippen LogP contribution in [0.2, 0.25) is 0 Å². The minimum absolute atomic E-state index is 0.00646. The molecule has 2 N–H and O–H groups in total. The van der Waals surface area contributed by atoms with Crippen LogP contribution in [-0.4, -0.2) is 61.0 Å². The number of benzene rings is 2. The van der Waals surface area contributed by atoms with Gasteiger partial charge in [-0.15, -0.1) is 0 Å². The number of para-hydroxylation sites is 2. The normalized spacial score (nSPS) is 27.3. The van der Waals surface area contributed by atoms with Crippen LogP contribution in [0.25, 0.3) is 0 Å². The molecule has 8 nitrogen and oxygen atoms in total. The van der Waals surface area contributed by atoms with Gasteiger partial charge in [-0.1, -0.05) is 49.4 Å². The third kappa shape index (κ3) is 5.51. The first-order valence-electron chi connectivity index (χ1n) is 14.6. The van der Waals surface area contributed by atoms with Gasteiger partial charge in [0.2, 0.25) is 11.6 Å². The number of ether oxygens (including phenoxy) is 2. The van der Waals surface area contributed by atoms with Crippen molar-refractivity contribution in [1.82, 2.24) is 4.90 Å². The number of methoxy groups -OCH3 is 1. The number of carbonyl (C=O) groups excluding carboxylic acids is 2. The first kappa shape index (κ1) is 28.9. The van der Waals surface area contributed by atoms with E-state index in [4.69, 9.17) is 9.47 Å². The summed E-state index contributed by atoms with van der Waals surface area (Å²) >= 11 is 0. The monoisotopic (exact) mass is 559 g/mol. The number of amides is 1. The topological polar surface area (TPSA) is 91.3 Å². The maximum Gasteiger partial charge on any atom is 0.359 e. The number of esters is 1. The lowest BCUT2D eigenvalue weighted by molar-refractivity contribution is -0.172. The fourth-order valence-corrected chi connectivity index (χ4v) is 6.98. The maximum absolute atomic E-state index is 13.4. The number of piperidine rings is 1. The maximum atomic E-state index is 13.4. The Balaban J connectivity index is 1.56. The second-order valence-corrected chi connectivity index (χ2v) is 11.3. The van der Waals surface area contributed by atoms with Crippen molar-refractivity contribution in [2.45, 2.75) is 51.2 Å². The molecule has 2 aromatic carbocycles. The van der Waals surface area contributed by atoms with Gasteiger partial charge in [-0.2, -0.15) is 0 Å². The van der Waals surface area contributed by atoms with Gasteiger partial charge in [0.05, 0.1) is 13.7 Å². The Morgan fingerprint density at radius 2 is 1.88 bits per heavy atom. The standard InChI is InChI=1S/C33H41N3O5/c1-4-32-17-11-18-35(19-16-30(37)34-25-12-7-6-8-13-25)21-24-20-29(27(32)22-41-5-2)36(28-15-10-9-14-26(24)28)33(39,23-32)31(38)40-3/h6-10,12-16,19-20,24,27,39H,4-5,11,17-18,21-23H2,1-3H3,(H,34,37)/b19-16+.